The molecule has 0 bridgehead atoms. The summed E-state index contributed by atoms with van der Waals surface area (Å²) in [5.74, 6) is 0.891. The van der Waals surface area contributed by atoms with Gasteiger partial charge in [0.25, 0.3) is 0 Å². The zero-order valence-corrected chi connectivity index (χ0v) is 12.6. The van der Waals surface area contributed by atoms with E-state index >= 15 is 0 Å². The molecule has 1 aromatic carbocycles. The van der Waals surface area contributed by atoms with Crippen molar-refractivity contribution in [1.82, 2.24) is 9.78 Å². The maximum atomic E-state index is 12.2. The summed E-state index contributed by atoms with van der Waals surface area (Å²) in [7, 11) is 3.43. The highest BCUT2D eigenvalue weighted by molar-refractivity contribution is 6.32. The molecule has 1 aromatic heterocycles. The van der Waals surface area contributed by atoms with Crippen LogP contribution in [0.25, 0.3) is 0 Å². The predicted octanol–water partition coefficient (Wildman–Crippen LogP) is 2.82. The highest BCUT2D eigenvalue weighted by Crippen LogP contribution is 2.47. The summed E-state index contributed by atoms with van der Waals surface area (Å²) in [6.07, 6.45) is 4.64. The van der Waals surface area contributed by atoms with E-state index in [-0.39, 0.29) is 17.7 Å². The standard InChI is InChI=1S/C15H16ClN3O2/c1-19-8-9(7-17-19)11-6-12(11)15(20)18-10-3-4-14(21-2)13(16)5-10/h3-5,7-8,11-12H,6H2,1-2H3,(H,18,20)/t11-,12+/m1/s1. The number of halogens is 1. The van der Waals surface area contributed by atoms with Crippen molar-refractivity contribution in [3.05, 3.63) is 41.2 Å². The molecule has 2 atom stereocenters. The van der Waals surface area contributed by atoms with Crippen molar-refractivity contribution in [3.63, 3.8) is 0 Å². The molecule has 1 N–H and O–H groups in total. The number of rotatable bonds is 4. The van der Waals surface area contributed by atoms with Crippen molar-refractivity contribution in [1.29, 1.82) is 0 Å². The van der Waals surface area contributed by atoms with Crippen LogP contribution in [0.15, 0.2) is 30.6 Å². The maximum absolute atomic E-state index is 12.2. The Morgan fingerprint density at radius 2 is 2.33 bits per heavy atom. The molecule has 2 aromatic rings. The number of benzene rings is 1. The molecule has 1 heterocycles. The van der Waals surface area contributed by atoms with E-state index in [0.29, 0.717) is 16.5 Å². The maximum Gasteiger partial charge on any atom is 0.228 e. The van der Waals surface area contributed by atoms with Gasteiger partial charge in [-0.05, 0) is 36.1 Å². The van der Waals surface area contributed by atoms with E-state index in [4.69, 9.17) is 16.3 Å². The largest absolute Gasteiger partial charge is 0.495 e. The van der Waals surface area contributed by atoms with Gasteiger partial charge in [0.1, 0.15) is 5.75 Å². The van der Waals surface area contributed by atoms with Crippen LogP contribution in [0.5, 0.6) is 5.75 Å². The quantitative estimate of drug-likeness (QED) is 0.945. The second-order valence-corrected chi connectivity index (χ2v) is 5.64. The fraction of sp³-hybridized carbons (Fsp3) is 0.333. The van der Waals surface area contributed by atoms with Crippen LogP contribution >= 0.6 is 11.6 Å². The average Bonchev–Trinajstić information content (AvgIpc) is 3.14. The minimum Gasteiger partial charge on any atom is -0.495 e. The van der Waals surface area contributed by atoms with Gasteiger partial charge >= 0.3 is 0 Å². The molecule has 0 aliphatic heterocycles. The number of hydrogen-bond donors (Lipinski definition) is 1. The second kappa shape index (κ2) is 5.41. The molecule has 0 radical (unpaired) electrons. The Labute approximate surface area is 127 Å². The topological polar surface area (TPSA) is 56.1 Å². The number of anilines is 1. The summed E-state index contributed by atoms with van der Waals surface area (Å²) < 4.78 is 6.84. The predicted molar refractivity (Wildman–Crippen MR) is 80.7 cm³/mol. The van der Waals surface area contributed by atoms with Crippen LogP contribution in [0.1, 0.15) is 17.9 Å². The van der Waals surface area contributed by atoms with Gasteiger partial charge in [-0.2, -0.15) is 5.10 Å². The highest BCUT2D eigenvalue weighted by atomic mass is 35.5. The number of amides is 1. The minimum atomic E-state index is 0.00933. The van der Waals surface area contributed by atoms with Crippen molar-refractivity contribution in [2.75, 3.05) is 12.4 Å². The number of carbonyl (C=O) groups is 1. The summed E-state index contributed by atoms with van der Waals surface area (Å²) in [5, 5.41) is 7.52. The number of nitrogens with zero attached hydrogens (tertiary/aromatic N) is 2. The fourth-order valence-corrected chi connectivity index (χ4v) is 2.72. The Kier molecular flexibility index (Phi) is 3.59. The summed E-state index contributed by atoms with van der Waals surface area (Å²) in [4.78, 5) is 12.2. The lowest BCUT2D eigenvalue weighted by molar-refractivity contribution is -0.117. The third-order valence-corrected chi connectivity index (χ3v) is 3.99. The molecule has 6 heteroatoms. The van der Waals surface area contributed by atoms with Gasteiger partial charge in [0.2, 0.25) is 5.91 Å². The molecule has 21 heavy (non-hydrogen) atoms. The lowest BCUT2D eigenvalue weighted by Crippen LogP contribution is -2.14. The highest BCUT2D eigenvalue weighted by Gasteiger charge is 2.44. The van der Waals surface area contributed by atoms with Crippen molar-refractivity contribution in [2.24, 2.45) is 13.0 Å². The lowest BCUT2D eigenvalue weighted by atomic mass is 10.2. The van der Waals surface area contributed by atoms with E-state index in [0.717, 1.165) is 12.0 Å². The third kappa shape index (κ3) is 2.88. The Morgan fingerprint density at radius 3 is 2.95 bits per heavy atom. The van der Waals surface area contributed by atoms with Gasteiger partial charge in [-0.1, -0.05) is 11.6 Å². The third-order valence-electron chi connectivity index (χ3n) is 3.70. The zero-order valence-electron chi connectivity index (χ0n) is 11.8. The molecule has 0 spiro atoms. The molecule has 3 rings (SSSR count). The Morgan fingerprint density at radius 1 is 1.52 bits per heavy atom. The minimum absolute atomic E-state index is 0.00933. The Balaban J connectivity index is 1.64. The number of carbonyl (C=O) groups excluding carboxylic acids is 1. The van der Waals surface area contributed by atoms with Crippen molar-refractivity contribution < 1.29 is 9.53 Å². The molecular weight excluding hydrogens is 290 g/mol. The smallest absolute Gasteiger partial charge is 0.228 e. The summed E-state index contributed by atoms with van der Waals surface area (Å²) in [6, 6.07) is 5.22. The van der Waals surface area contributed by atoms with Crippen LogP contribution in [0, 0.1) is 5.92 Å². The van der Waals surface area contributed by atoms with Crippen LogP contribution in [-0.4, -0.2) is 22.8 Å². The molecule has 0 unspecified atom stereocenters. The molecule has 1 fully saturated rings. The Hall–Kier alpha value is -2.01. The number of hydrogen-bond acceptors (Lipinski definition) is 3. The Bertz CT molecular complexity index is 683. The molecule has 1 saturated carbocycles. The van der Waals surface area contributed by atoms with Crippen molar-refractivity contribution in [2.45, 2.75) is 12.3 Å². The first kappa shape index (κ1) is 13.9. The average molecular weight is 306 g/mol. The number of ether oxygens (including phenoxy) is 1. The van der Waals surface area contributed by atoms with Gasteiger partial charge < -0.3 is 10.1 Å². The van der Waals surface area contributed by atoms with Crippen LogP contribution < -0.4 is 10.1 Å². The number of methoxy groups -OCH3 is 1. The van der Waals surface area contributed by atoms with Gasteiger partial charge in [-0.25, -0.2) is 0 Å². The van der Waals surface area contributed by atoms with Crippen LogP contribution in [0.4, 0.5) is 5.69 Å². The van der Waals surface area contributed by atoms with E-state index in [1.165, 1.54) is 0 Å². The van der Waals surface area contributed by atoms with Crippen LogP contribution in [0.3, 0.4) is 0 Å². The van der Waals surface area contributed by atoms with Gasteiger partial charge in [0, 0.05) is 24.8 Å². The first-order valence-electron chi connectivity index (χ1n) is 6.71. The van der Waals surface area contributed by atoms with E-state index in [1.807, 2.05) is 19.4 Å². The van der Waals surface area contributed by atoms with E-state index in [9.17, 15) is 4.79 Å². The molecule has 0 saturated heterocycles. The normalized spacial score (nSPS) is 20.1. The summed E-state index contributed by atoms with van der Waals surface area (Å²) >= 11 is 6.05. The fourth-order valence-electron chi connectivity index (χ4n) is 2.46. The molecule has 1 aliphatic rings. The zero-order chi connectivity index (χ0) is 15.0. The van der Waals surface area contributed by atoms with Crippen LogP contribution in [-0.2, 0) is 11.8 Å². The summed E-state index contributed by atoms with van der Waals surface area (Å²) in [5.41, 5.74) is 1.80. The first-order valence-corrected chi connectivity index (χ1v) is 7.09. The molecule has 1 amide bonds. The lowest BCUT2D eigenvalue weighted by Gasteiger charge is -2.07. The van der Waals surface area contributed by atoms with E-state index < -0.39 is 0 Å². The monoisotopic (exact) mass is 305 g/mol. The number of aromatic nitrogens is 2. The van der Waals surface area contributed by atoms with Gasteiger partial charge in [-0.3, -0.25) is 9.48 Å². The molecule has 110 valence electrons. The van der Waals surface area contributed by atoms with Crippen molar-refractivity contribution >= 4 is 23.2 Å². The van der Waals surface area contributed by atoms with Gasteiger partial charge in [-0.15, -0.1) is 0 Å². The molecule has 5 nitrogen and oxygen atoms in total. The second-order valence-electron chi connectivity index (χ2n) is 5.23. The van der Waals surface area contributed by atoms with E-state index in [2.05, 4.69) is 10.4 Å². The summed E-state index contributed by atoms with van der Waals surface area (Å²) in [6.45, 7) is 0. The molecular formula is C15H16ClN3O2. The van der Waals surface area contributed by atoms with Gasteiger partial charge in [0.15, 0.2) is 0 Å². The SMILES string of the molecule is COc1ccc(NC(=O)[C@H]2C[C@@H]2c2cnn(C)c2)cc1Cl. The van der Waals surface area contributed by atoms with Crippen LogP contribution in [0.2, 0.25) is 5.02 Å². The van der Waals surface area contributed by atoms with E-state index in [1.54, 1.807) is 30.0 Å². The van der Waals surface area contributed by atoms with Gasteiger partial charge in [0.05, 0.1) is 18.3 Å². The first-order chi connectivity index (χ1) is 10.1. The number of aryl methyl sites for hydroxylation is 1. The van der Waals surface area contributed by atoms with Crippen molar-refractivity contribution in [3.8, 4) is 5.75 Å². The number of nitrogens with one attached hydrogen (secondary N) is 1. The molecule has 1 aliphatic carbocycles.